The molecule has 2 nitrogen and oxygen atoms in total. The molecule has 0 aromatic heterocycles. The minimum atomic E-state index is 0. The van der Waals surface area contributed by atoms with Gasteiger partial charge < -0.3 is 5.32 Å². The number of nitrogens with one attached hydrogen (secondary N) is 1. The topological polar surface area (TPSA) is 15.3 Å². The molecule has 1 aliphatic rings. The van der Waals surface area contributed by atoms with E-state index in [-0.39, 0.29) is 24.8 Å². The highest BCUT2D eigenvalue weighted by Crippen LogP contribution is 2.24. The summed E-state index contributed by atoms with van der Waals surface area (Å²) in [5.74, 6) is 0. The van der Waals surface area contributed by atoms with Gasteiger partial charge in [-0.25, -0.2) is 0 Å². The first-order valence-electron chi connectivity index (χ1n) is 6.32. The summed E-state index contributed by atoms with van der Waals surface area (Å²) in [6, 6.07) is 9.55. The molecule has 1 aliphatic heterocycles. The first-order valence-corrected chi connectivity index (χ1v) is 6.32. The third-order valence-corrected chi connectivity index (χ3v) is 3.41. The summed E-state index contributed by atoms with van der Waals surface area (Å²) in [4.78, 5) is 2.60. The molecule has 4 heteroatoms. The quantitative estimate of drug-likeness (QED) is 0.920. The summed E-state index contributed by atoms with van der Waals surface area (Å²) in [5.41, 5.74) is 2.84. The van der Waals surface area contributed by atoms with E-state index in [1.165, 1.54) is 30.6 Å². The molecule has 104 valence electrons. The average molecular weight is 291 g/mol. The van der Waals surface area contributed by atoms with Crippen LogP contribution in [0.25, 0.3) is 0 Å². The Hall–Kier alpha value is -0.280. The Morgan fingerprint density at radius 3 is 2.44 bits per heavy atom. The second kappa shape index (κ2) is 8.76. The fourth-order valence-corrected chi connectivity index (χ4v) is 2.58. The lowest BCUT2D eigenvalue weighted by Crippen LogP contribution is -2.45. The molecular formula is C14H24Cl2N2. The van der Waals surface area contributed by atoms with Gasteiger partial charge in [0.2, 0.25) is 0 Å². The molecule has 0 amide bonds. The minimum absolute atomic E-state index is 0. The van der Waals surface area contributed by atoms with Crippen molar-refractivity contribution in [2.75, 3.05) is 26.2 Å². The van der Waals surface area contributed by atoms with Gasteiger partial charge >= 0.3 is 0 Å². The highest BCUT2D eigenvalue weighted by atomic mass is 35.5. The normalized spacial score (nSPS) is 17.4. The predicted octanol–water partition coefficient (Wildman–Crippen LogP) is 3.19. The van der Waals surface area contributed by atoms with Gasteiger partial charge in [-0.3, -0.25) is 4.90 Å². The van der Waals surface area contributed by atoms with Gasteiger partial charge in [-0.1, -0.05) is 36.8 Å². The highest BCUT2D eigenvalue weighted by molar-refractivity contribution is 5.85. The standard InChI is InChI=1S/C14H22N2.2ClH/c1-3-14(16-9-7-15-8-10-16)13-6-4-5-12(2)11-13;;/h4-6,11,14-15H,3,7-10H2,1-2H3;2*1H/t14-;;/m0../s1. The van der Waals surface area contributed by atoms with Crippen LogP contribution in [0.15, 0.2) is 24.3 Å². The number of hydrogen-bond acceptors (Lipinski definition) is 2. The Morgan fingerprint density at radius 1 is 1.22 bits per heavy atom. The molecule has 0 saturated carbocycles. The van der Waals surface area contributed by atoms with Crippen LogP contribution in [0.5, 0.6) is 0 Å². The lowest BCUT2D eigenvalue weighted by Gasteiger charge is -2.34. The van der Waals surface area contributed by atoms with Crippen molar-refractivity contribution in [3.8, 4) is 0 Å². The van der Waals surface area contributed by atoms with E-state index in [9.17, 15) is 0 Å². The number of aryl methyl sites for hydroxylation is 1. The molecular weight excluding hydrogens is 267 g/mol. The fraction of sp³-hybridized carbons (Fsp3) is 0.571. The Bertz CT molecular complexity index is 338. The second-order valence-corrected chi connectivity index (χ2v) is 4.62. The third-order valence-electron chi connectivity index (χ3n) is 3.41. The maximum atomic E-state index is 3.41. The van der Waals surface area contributed by atoms with Gasteiger partial charge in [-0.2, -0.15) is 0 Å². The molecule has 0 unspecified atom stereocenters. The Morgan fingerprint density at radius 2 is 1.89 bits per heavy atom. The lowest BCUT2D eigenvalue weighted by molar-refractivity contribution is 0.169. The van der Waals surface area contributed by atoms with Crippen molar-refractivity contribution >= 4 is 24.8 Å². The zero-order chi connectivity index (χ0) is 11.4. The molecule has 1 heterocycles. The van der Waals surface area contributed by atoms with Crippen LogP contribution in [0.2, 0.25) is 0 Å². The molecule has 1 aromatic carbocycles. The number of rotatable bonds is 3. The van der Waals surface area contributed by atoms with Crippen molar-refractivity contribution in [1.82, 2.24) is 10.2 Å². The Balaban J connectivity index is 0.00000144. The molecule has 1 saturated heterocycles. The number of hydrogen-bond donors (Lipinski definition) is 1. The predicted molar refractivity (Wildman–Crippen MR) is 83.1 cm³/mol. The fourth-order valence-electron chi connectivity index (χ4n) is 2.58. The maximum absolute atomic E-state index is 3.41. The molecule has 0 spiro atoms. The van der Waals surface area contributed by atoms with E-state index in [2.05, 4.69) is 48.3 Å². The van der Waals surface area contributed by atoms with Crippen LogP contribution >= 0.6 is 24.8 Å². The summed E-state index contributed by atoms with van der Waals surface area (Å²) in [7, 11) is 0. The zero-order valence-corrected chi connectivity index (χ0v) is 12.8. The Labute approximate surface area is 123 Å². The molecule has 0 bridgehead atoms. The van der Waals surface area contributed by atoms with Crippen LogP contribution in [0.1, 0.15) is 30.5 Å². The molecule has 1 N–H and O–H groups in total. The minimum Gasteiger partial charge on any atom is -0.314 e. The number of piperazine rings is 1. The summed E-state index contributed by atoms with van der Waals surface area (Å²) in [6.45, 7) is 9.06. The molecule has 1 atom stereocenters. The van der Waals surface area contributed by atoms with Gasteiger partial charge in [0.25, 0.3) is 0 Å². The van der Waals surface area contributed by atoms with Gasteiger partial charge in [0, 0.05) is 32.2 Å². The lowest BCUT2D eigenvalue weighted by atomic mass is 10.0. The van der Waals surface area contributed by atoms with Crippen molar-refractivity contribution in [2.24, 2.45) is 0 Å². The summed E-state index contributed by atoms with van der Waals surface area (Å²) in [5, 5.41) is 3.41. The van der Waals surface area contributed by atoms with Gasteiger partial charge in [-0.05, 0) is 18.9 Å². The average Bonchev–Trinajstić information content (AvgIpc) is 2.31. The van der Waals surface area contributed by atoms with Gasteiger partial charge in [0.05, 0.1) is 0 Å². The van der Waals surface area contributed by atoms with Gasteiger partial charge in [0.1, 0.15) is 0 Å². The van der Waals surface area contributed by atoms with Crippen LogP contribution in [0.3, 0.4) is 0 Å². The largest absolute Gasteiger partial charge is 0.314 e. The summed E-state index contributed by atoms with van der Waals surface area (Å²) in [6.07, 6.45) is 1.20. The summed E-state index contributed by atoms with van der Waals surface area (Å²) >= 11 is 0. The van der Waals surface area contributed by atoms with Crippen molar-refractivity contribution in [3.05, 3.63) is 35.4 Å². The Kier molecular flexibility index (Phi) is 8.62. The van der Waals surface area contributed by atoms with Crippen molar-refractivity contribution < 1.29 is 0 Å². The number of halogens is 2. The van der Waals surface area contributed by atoms with Crippen molar-refractivity contribution in [2.45, 2.75) is 26.3 Å². The second-order valence-electron chi connectivity index (χ2n) is 4.62. The van der Waals surface area contributed by atoms with Gasteiger partial charge in [-0.15, -0.1) is 24.8 Å². The van der Waals surface area contributed by atoms with E-state index in [1.54, 1.807) is 0 Å². The molecule has 0 aliphatic carbocycles. The van der Waals surface area contributed by atoms with Gasteiger partial charge in [0.15, 0.2) is 0 Å². The van der Waals surface area contributed by atoms with Crippen LogP contribution < -0.4 is 5.32 Å². The molecule has 18 heavy (non-hydrogen) atoms. The molecule has 0 radical (unpaired) electrons. The number of benzene rings is 1. The molecule has 1 aromatic rings. The highest BCUT2D eigenvalue weighted by Gasteiger charge is 2.20. The molecule has 1 fully saturated rings. The van der Waals surface area contributed by atoms with E-state index in [0.717, 1.165) is 13.1 Å². The molecule has 2 rings (SSSR count). The van der Waals surface area contributed by atoms with Crippen LogP contribution in [-0.2, 0) is 0 Å². The van der Waals surface area contributed by atoms with E-state index in [1.807, 2.05) is 0 Å². The summed E-state index contributed by atoms with van der Waals surface area (Å²) < 4.78 is 0. The van der Waals surface area contributed by atoms with Crippen molar-refractivity contribution in [1.29, 1.82) is 0 Å². The third kappa shape index (κ3) is 4.43. The van der Waals surface area contributed by atoms with E-state index < -0.39 is 0 Å². The maximum Gasteiger partial charge on any atom is 0.0346 e. The van der Waals surface area contributed by atoms with Crippen LogP contribution in [0, 0.1) is 6.92 Å². The van der Waals surface area contributed by atoms with E-state index in [0.29, 0.717) is 6.04 Å². The number of nitrogens with zero attached hydrogens (tertiary/aromatic N) is 1. The zero-order valence-electron chi connectivity index (χ0n) is 11.2. The SMILES string of the molecule is CC[C@@H](c1cccc(C)c1)N1CCNCC1.Cl.Cl. The van der Waals surface area contributed by atoms with E-state index in [4.69, 9.17) is 0 Å². The van der Waals surface area contributed by atoms with E-state index >= 15 is 0 Å². The van der Waals surface area contributed by atoms with Crippen molar-refractivity contribution in [3.63, 3.8) is 0 Å². The first-order chi connectivity index (χ1) is 7.81. The monoisotopic (exact) mass is 290 g/mol. The van der Waals surface area contributed by atoms with Crippen LogP contribution in [0.4, 0.5) is 0 Å². The van der Waals surface area contributed by atoms with Crippen LogP contribution in [-0.4, -0.2) is 31.1 Å². The first kappa shape index (κ1) is 17.7. The smallest absolute Gasteiger partial charge is 0.0346 e.